The number of hydrogen-bond donors (Lipinski definition) is 2. The third-order valence-electron chi connectivity index (χ3n) is 4.39. The number of ether oxygens (including phenoxy) is 1. The minimum absolute atomic E-state index is 0.0994. The third-order valence-corrected chi connectivity index (χ3v) is 4.39. The van der Waals surface area contributed by atoms with E-state index >= 15 is 0 Å². The summed E-state index contributed by atoms with van der Waals surface area (Å²) >= 11 is 0. The summed E-state index contributed by atoms with van der Waals surface area (Å²) in [5.74, 6) is -1.57. The van der Waals surface area contributed by atoms with Gasteiger partial charge in [-0.05, 0) is 25.0 Å². The Bertz CT molecular complexity index is 656. The SMILES string of the molecule is Cc1ccc(C(=O)NC(C(=O)N2CCOC(CC(=O)O)C2)C(C)C)cc1. The van der Waals surface area contributed by atoms with Crippen LogP contribution in [-0.2, 0) is 14.3 Å². The standard InChI is InChI=1S/C19H26N2O5/c1-12(2)17(20-18(24)14-6-4-13(3)5-7-14)19(25)21-8-9-26-15(11-21)10-16(22)23/h4-7,12,15,17H,8-11H2,1-3H3,(H,20,24)(H,22,23). The van der Waals surface area contributed by atoms with Gasteiger partial charge in [0.25, 0.3) is 5.91 Å². The molecule has 1 saturated heterocycles. The van der Waals surface area contributed by atoms with Crippen LogP contribution in [0, 0.1) is 12.8 Å². The van der Waals surface area contributed by atoms with E-state index in [0.717, 1.165) is 5.56 Å². The van der Waals surface area contributed by atoms with Gasteiger partial charge in [-0.1, -0.05) is 31.5 Å². The number of aryl methyl sites for hydroxylation is 1. The quantitative estimate of drug-likeness (QED) is 0.799. The van der Waals surface area contributed by atoms with Crippen molar-refractivity contribution in [2.75, 3.05) is 19.7 Å². The van der Waals surface area contributed by atoms with Gasteiger partial charge in [-0.2, -0.15) is 0 Å². The molecule has 1 aliphatic heterocycles. The lowest BCUT2D eigenvalue weighted by molar-refractivity contribution is -0.149. The molecule has 0 aromatic heterocycles. The average molecular weight is 362 g/mol. The van der Waals surface area contributed by atoms with Crippen LogP contribution in [0.4, 0.5) is 0 Å². The second-order valence-corrected chi connectivity index (χ2v) is 6.94. The van der Waals surface area contributed by atoms with Gasteiger partial charge in [0.1, 0.15) is 6.04 Å². The van der Waals surface area contributed by atoms with E-state index in [0.29, 0.717) is 18.7 Å². The van der Waals surface area contributed by atoms with Crippen molar-refractivity contribution in [3.05, 3.63) is 35.4 Å². The van der Waals surface area contributed by atoms with Crippen LogP contribution in [0.15, 0.2) is 24.3 Å². The molecular formula is C19H26N2O5. The monoisotopic (exact) mass is 362 g/mol. The molecule has 2 amide bonds. The fraction of sp³-hybridized carbons (Fsp3) is 0.526. The lowest BCUT2D eigenvalue weighted by Crippen LogP contribution is -2.55. The highest BCUT2D eigenvalue weighted by atomic mass is 16.5. The van der Waals surface area contributed by atoms with E-state index in [9.17, 15) is 14.4 Å². The molecule has 1 heterocycles. The molecule has 7 nitrogen and oxygen atoms in total. The van der Waals surface area contributed by atoms with Crippen molar-refractivity contribution >= 4 is 17.8 Å². The molecule has 1 aliphatic rings. The van der Waals surface area contributed by atoms with Crippen LogP contribution in [0.25, 0.3) is 0 Å². The second kappa shape index (κ2) is 8.80. The van der Waals surface area contributed by atoms with E-state index in [1.54, 1.807) is 17.0 Å². The predicted molar refractivity (Wildman–Crippen MR) is 95.8 cm³/mol. The highest BCUT2D eigenvalue weighted by molar-refractivity contribution is 5.97. The normalized spacial score (nSPS) is 18.5. The van der Waals surface area contributed by atoms with Crippen LogP contribution in [0.2, 0.25) is 0 Å². The van der Waals surface area contributed by atoms with Crippen LogP contribution in [0.3, 0.4) is 0 Å². The van der Waals surface area contributed by atoms with Gasteiger partial charge in [-0.15, -0.1) is 0 Å². The van der Waals surface area contributed by atoms with Crippen LogP contribution in [-0.4, -0.2) is 59.6 Å². The first kappa shape index (κ1) is 19.9. The zero-order valence-corrected chi connectivity index (χ0v) is 15.4. The molecule has 0 saturated carbocycles. The third kappa shape index (κ3) is 5.29. The number of carboxylic acids is 1. The first-order chi connectivity index (χ1) is 12.3. The molecule has 1 fully saturated rings. The molecule has 0 radical (unpaired) electrons. The molecule has 1 aromatic carbocycles. The summed E-state index contributed by atoms with van der Waals surface area (Å²) in [6, 6.07) is 6.47. The Balaban J connectivity index is 2.05. The smallest absolute Gasteiger partial charge is 0.306 e. The fourth-order valence-electron chi connectivity index (χ4n) is 2.88. The number of nitrogens with zero attached hydrogens (tertiary/aromatic N) is 1. The van der Waals surface area contributed by atoms with Crippen LogP contribution in [0.1, 0.15) is 36.2 Å². The Labute approximate surface area is 153 Å². The van der Waals surface area contributed by atoms with Gasteiger partial charge in [0.15, 0.2) is 0 Å². The van der Waals surface area contributed by atoms with Gasteiger partial charge in [0.2, 0.25) is 5.91 Å². The summed E-state index contributed by atoms with van der Waals surface area (Å²) < 4.78 is 5.41. The zero-order chi connectivity index (χ0) is 19.3. The summed E-state index contributed by atoms with van der Waals surface area (Å²) in [4.78, 5) is 37.8. The maximum absolute atomic E-state index is 12.9. The van der Waals surface area contributed by atoms with Crippen molar-refractivity contribution in [1.82, 2.24) is 10.2 Å². The number of benzene rings is 1. The van der Waals surface area contributed by atoms with Crippen LogP contribution >= 0.6 is 0 Å². The lowest BCUT2D eigenvalue weighted by Gasteiger charge is -2.35. The largest absolute Gasteiger partial charge is 0.481 e. The first-order valence-electron chi connectivity index (χ1n) is 8.77. The Hall–Kier alpha value is -2.41. The van der Waals surface area contributed by atoms with Gasteiger partial charge < -0.3 is 20.1 Å². The molecule has 2 unspecified atom stereocenters. The van der Waals surface area contributed by atoms with E-state index < -0.39 is 18.1 Å². The van der Waals surface area contributed by atoms with Crippen molar-refractivity contribution in [3.8, 4) is 0 Å². The van der Waals surface area contributed by atoms with Crippen molar-refractivity contribution < 1.29 is 24.2 Å². The van der Waals surface area contributed by atoms with Crippen molar-refractivity contribution in [2.24, 2.45) is 5.92 Å². The van der Waals surface area contributed by atoms with E-state index in [1.807, 2.05) is 32.9 Å². The van der Waals surface area contributed by atoms with Gasteiger partial charge in [-0.25, -0.2) is 0 Å². The number of carboxylic acid groups (broad SMARTS) is 1. The predicted octanol–water partition coefficient (Wildman–Crippen LogP) is 1.45. The molecule has 142 valence electrons. The fourth-order valence-corrected chi connectivity index (χ4v) is 2.88. The number of carbonyl (C=O) groups is 3. The second-order valence-electron chi connectivity index (χ2n) is 6.94. The number of aliphatic carboxylic acids is 1. The Morgan fingerprint density at radius 3 is 2.50 bits per heavy atom. The molecule has 0 spiro atoms. The first-order valence-corrected chi connectivity index (χ1v) is 8.77. The molecule has 0 bridgehead atoms. The topological polar surface area (TPSA) is 95.9 Å². The highest BCUT2D eigenvalue weighted by Crippen LogP contribution is 2.14. The Morgan fingerprint density at radius 2 is 1.92 bits per heavy atom. The average Bonchev–Trinajstić information content (AvgIpc) is 2.59. The Kier molecular flexibility index (Phi) is 6.74. The van der Waals surface area contributed by atoms with E-state index in [1.165, 1.54) is 0 Å². The summed E-state index contributed by atoms with van der Waals surface area (Å²) in [5.41, 5.74) is 1.55. The highest BCUT2D eigenvalue weighted by Gasteiger charge is 2.32. The van der Waals surface area contributed by atoms with Gasteiger partial charge in [0.05, 0.1) is 19.1 Å². The molecule has 7 heteroatoms. The minimum Gasteiger partial charge on any atom is -0.481 e. The molecule has 2 N–H and O–H groups in total. The van der Waals surface area contributed by atoms with Gasteiger partial charge in [0, 0.05) is 18.7 Å². The number of amides is 2. The Morgan fingerprint density at radius 1 is 1.27 bits per heavy atom. The maximum atomic E-state index is 12.9. The summed E-state index contributed by atoms with van der Waals surface area (Å²) in [6.45, 7) is 6.57. The number of morpholine rings is 1. The summed E-state index contributed by atoms with van der Waals surface area (Å²) in [7, 11) is 0. The van der Waals surface area contributed by atoms with E-state index in [2.05, 4.69) is 5.32 Å². The van der Waals surface area contributed by atoms with Crippen molar-refractivity contribution in [1.29, 1.82) is 0 Å². The molecular weight excluding hydrogens is 336 g/mol. The molecule has 1 aromatic rings. The lowest BCUT2D eigenvalue weighted by atomic mass is 10.0. The molecule has 0 aliphatic carbocycles. The van der Waals surface area contributed by atoms with Gasteiger partial charge in [-0.3, -0.25) is 14.4 Å². The summed E-state index contributed by atoms with van der Waals surface area (Å²) in [5, 5.41) is 11.7. The molecule has 2 atom stereocenters. The number of nitrogens with one attached hydrogen (secondary N) is 1. The number of hydrogen-bond acceptors (Lipinski definition) is 4. The van der Waals surface area contributed by atoms with E-state index in [4.69, 9.17) is 9.84 Å². The van der Waals surface area contributed by atoms with Crippen LogP contribution < -0.4 is 5.32 Å². The molecule has 26 heavy (non-hydrogen) atoms. The summed E-state index contributed by atoms with van der Waals surface area (Å²) in [6.07, 6.45) is -0.669. The minimum atomic E-state index is -0.961. The number of carbonyl (C=O) groups excluding carboxylic acids is 2. The number of rotatable bonds is 6. The van der Waals surface area contributed by atoms with Crippen molar-refractivity contribution in [3.63, 3.8) is 0 Å². The molecule has 2 rings (SSSR count). The van der Waals surface area contributed by atoms with Crippen LogP contribution in [0.5, 0.6) is 0 Å². The van der Waals surface area contributed by atoms with Crippen molar-refractivity contribution in [2.45, 2.75) is 39.3 Å². The maximum Gasteiger partial charge on any atom is 0.306 e. The van der Waals surface area contributed by atoms with Gasteiger partial charge >= 0.3 is 5.97 Å². The zero-order valence-electron chi connectivity index (χ0n) is 15.4. The van der Waals surface area contributed by atoms with E-state index in [-0.39, 0.29) is 30.7 Å².